The highest BCUT2D eigenvalue weighted by molar-refractivity contribution is 5.03. The summed E-state index contributed by atoms with van der Waals surface area (Å²) in [6.45, 7) is 3.14. The highest BCUT2D eigenvalue weighted by Crippen LogP contribution is 1.94. The molecule has 0 amide bonds. The topological polar surface area (TPSA) is 45.1 Å². The standard InChI is InChI=1S/C11H18N2O/c1-2-10(9-14)13-8-6-11-5-3-4-7-12-11/h3-5,7,10,13-14H,2,6,8-9H2,1H3. The molecule has 1 heterocycles. The van der Waals surface area contributed by atoms with Crippen molar-refractivity contribution in [1.82, 2.24) is 10.3 Å². The summed E-state index contributed by atoms with van der Waals surface area (Å²) < 4.78 is 0. The van der Waals surface area contributed by atoms with Crippen LogP contribution in [0, 0.1) is 0 Å². The Morgan fingerprint density at radius 2 is 2.36 bits per heavy atom. The highest BCUT2D eigenvalue weighted by Gasteiger charge is 2.02. The minimum atomic E-state index is 0.207. The quantitative estimate of drug-likeness (QED) is 0.709. The SMILES string of the molecule is CCC(CO)NCCc1ccccn1. The van der Waals surface area contributed by atoms with Crippen molar-refractivity contribution in [3.63, 3.8) is 0 Å². The van der Waals surface area contributed by atoms with E-state index in [1.807, 2.05) is 18.2 Å². The number of pyridine rings is 1. The summed E-state index contributed by atoms with van der Waals surface area (Å²) in [6.07, 6.45) is 3.68. The second-order valence-electron chi connectivity index (χ2n) is 3.31. The Morgan fingerprint density at radius 3 is 2.93 bits per heavy atom. The third-order valence-electron chi connectivity index (χ3n) is 2.25. The predicted molar refractivity (Wildman–Crippen MR) is 57.1 cm³/mol. The first-order valence-electron chi connectivity index (χ1n) is 5.11. The molecule has 0 aromatic carbocycles. The summed E-state index contributed by atoms with van der Waals surface area (Å²) in [7, 11) is 0. The fourth-order valence-electron chi connectivity index (χ4n) is 1.29. The Bertz CT molecular complexity index is 234. The van der Waals surface area contributed by atoms with Crippen LogP contribution < -0.4 is 5.32 Å². The molecule has 0 aliphatic rings. The van der Waals surface area contributed by atoms with Gasteiger partial charge < -0.3 is 10.4 Å². The molecule has 1 atom stereocenters. The van der Waals surface area contributed by atoms with Crippen LogP contribution in [0.4, 0.5) is 0 Å². The summed E-state index contributed by atoms with van der Waals surface area (Å²) in [4.78, 5) is 4.22. The number of aromatic nitrogens is 1. The van der Waals surface area contributed by atoms with Gasteiger partial charge in [0.1, 0.15) is 0 Å². The molecule has 0 aliphatic carbocycles. The molecule has 3 nitrogen and oxygen atoms in total. The maximum Gasteiger partial charge on any atom is 0.0584 e. The van der Waals surface area contributed by atoms with Crippen molar-refractivity contribution < 1.29 is 5.11 Å². The van der Waals surface area contributed by atoms with Crippen LogP contribution in [-0.2, 0) is 6.42 Å². The van der Waals surface area contributed by atoms with Crippen molar-refractivity contribution in [3.8, 4) is 0 Å². The van der Waals surface area contributed by atoms with E-state index in [2.05, 4.69) is 17.2 Å². The molecule has 1 aromatic rings. The number of rotatable bonds is 6. The monoisotopic (exact) mass is 194 g/mol. The van der Waals surface area contributed by atoms with Gasteiger partial charge in [0.25, 0.3) is 0 Å². The number of nitrogens with one attached hydrogen (secondary N) is 1. The van der Waals surface area contributed by atoms with Gasteiger partial charge in [-0.3, -0.25) is 4.98 Å². The number of hydrogen-bond donors (Lipinski definition) is 2. The van der Waals surface area contributed by atoms with E-state index in [0.717, 1.165) is 25.1 Å². The molecule has 0 saturated carbocycles. The average Bonchev–Trinajstić information content (AvgIpc) is 2.26. The third-order valence-corrected chi connectivity index (χ3v) is 2.25. The fourth-order valence-corrected chi connectivity index (χ4v) is 1.29. The molecule has 3 heteroatoms. The Labute approximate surface area is 85.2 Å². The zero-order valence-electron chi connectivity index (χ0n) is 8.61. The molecule has 1 aromatic heterocycles. The Morgan fingerprint density at radius 1 is 1.50 bits per heavy atom. The van der Waals surface area contributed by atoms with Gasteiger partial charge in [0.15, 0.2) is 0 Å². The van der Waals surface area contributed by atoms with Gasteiger partial charge in [0.05, 0.1) is 6.61 Å². The number of hydrogen-bond acceptors (Lipinski definition) is 3. The van der Waals surface area contributed by atoms with E-state index in [1.165, 1.54) is 0 Å². The summed E-state index contributed by atoms with van der Waals surface area (Å²) in [5, 5.41) is 12.2. The van der Waals surface area contributed by atoms with E-state index < -0.39 is 0 Å². The Balaban J connectivity index is 2.21. The summed E-state index contributed by atoms with van der Waals surface area (Å²) in [5.41, 5.74) is 1.09. The lowest BCUT2D eigenvalue weighted by molar-refractivity contribution is 0.239. The van der Waals surface area contributed by atoms with E-state index in [9.17, 15) is 0 Å². The first kappa shape index (κ1) is 11.1. The van der Waals surface area contributed by atoms with Crippen molar-refractivity contribution >= 4 is 0 Å². The lowest BCUT2D eigenvalue weighted by Gasteiger charge is -2.13. The zero-order valence-corrected chi connectivity index (χ0v) is 8.61. The fraction of sp³-hybridized carbons (Fsp3) is 0.545. The summed E-state index contributed by atoms with van der Waals surface area (Å²) in [6, 6.07) is 6.14. The van der Waals surface area contributed by atoms with Gasteiger partial charge in [-0.15, -0.1) is 0 Å². The summed E-state index contributed by atoms with van der Waals surface area (Å²) >= 11 is 0. The van der Waals surface area contributed by atoms with Crippen molar-refractivity contribution in [2.75, 3.05) is 13.2 Å². The minimum absolute atomic E-state index is 0.207. The molecule has 78 valence electrons. The number of nitrogens with zero attached hydrogens (tertiary/aromatic N) is 1. The van der Waals surface area contributed by atoms with Crippen LogP contribution in [-0.4, -0.2) is 29.3 Å². The van der Waals surface area contributed by atoms with Crippen LogP contribution in [0.3, 0.4) is 0 Å². The van der Waals surface area contributed by atoms with Gasteiger partial charge in [0.2, 0.25) is 0 Å². The van der Waals surface area contributed by atoms with Gasteiger partial charge in [-0.1, -0.05) is 13.0 Å². The lowest BCUT2D eigenvalue weighted by Crippen LogP contribution is -2.33. The maximum absolute atomic E-state index is 8.95. The van der Waals surface area contributed by atoms with Gasteiger partial charge in [-0.2, -0.15) is 0 Å². The van der Waals surface area contributed by atoms with Crippen LogP contribution in [0.1, 0.15) is 19.0 Å². The zero-order chi connectivity index (χ0) is 10.2. The maximum atomic E-state index is 8.95. The molecule has 1 rings (SSSR count). The normalized spacial score (nSPS) is 12.7. The second kappa shape index (κ2) is 6.51. The number of aliphatic hydroxyl groups excluding tert-OH is 1. The van der Waals surface area contributed by atoms with Crippen molar-refractivity contribution in [2.45, 2.75) is 25.8 Å². The molecule has 2 N–H and O–H groups in total. The molecule has 0 aliphatic heterocycles. The molecule has 0 bridgehead atoms. The second-order valence-corrected chi connectivity index (χ2v) is 3.31. The molecule has 0 fully saturated rings. The Kier molecular flexibility index (Phi) is 5.19. The van der Waals surface area contributed by atoms with Gasteiger partial charge in [0, 0.05) is 30.9 Å². The highest BCUT2D eigenvalue weighted by atomic mass is 16.3. The van der Waals surface area contributed by atoms with E-state index in [-0.39, 0.29) is 12.6 Å². The largest absolute Gasteiger partial charge is 0.395 e. The van der Waals surface area contributed by atoms with Gasteiger partial charge in [-0.05, 0) is 18.6 Å². The van der Waals surface area contributed by atoms with E-state index in [1.54, 1.807) is 6.20 Å². The molecule has 0 radical (unpaired) electrons. The molecular formula is C11H18N2O. The van der Waals surface area contributed by atoms with Crippen LogP contribution in [0.25, 0.3) is 0 Å². The number of aliphatic hydroxyl groups is 1. The molecular weight excluding hydrogens is 176 g/mol. The van der Waals surface area contributed by atoms with Crippen LogP contribution in [0.2, 0.25) is 0 Å². The average molecular weight is 194 g/mol. The van der Waals surface area contributed by atoms with Crippen LogP contribution in [0.15, 0.2) is 24.4 Å². The Hall–Kier alpha value is -0.930. The molecule has 1 unspecified atom stereocenters. The van der Waals surface area contributed by atoms with E-state index >= 15 is 0 Å². The smallest absolute Gasteiger partial charge is 0.0584 e. The van der Waals surface area contributed by atoms with Crippen LogP contribution >= 0.6 is 0 Å². The van der Waals surface area contributed by atoms with E-state index in [4.69, 9.17) is 5.11 Å². The van der Waals surface area contributed by atoms with E-state index in [0.29, 0.717) is 0 Å². The van der Waals surface area contributed by atoms with Crippen LogP contribution in [0.5, 0.6) is 0 Å². The van der Waals surface area contributed by atoms with Crippen molar-refractivity contribution in [1.29, 1.82) is 0 Å². The predicted octanol–water partition coefficient (Wildman–Crippen LogP) is 0.985. The minimum Gasteiger partial charge on any atom is -0.395 e. The van der Waals surface area contributed by atoms with Crippen molar-refractivity contribution in [2.24, 2.45) is 0 Å². The first-order valence-corrected chi connectivity index (χ1v) is 5.11. The molecule has 0 saturated heterocycles. The molecule has 0 spiro atoms. The summed E-state index contributed by atoms with van der Waals surface area (Å²) in [5.74, 6) is 0. The first-order chi connectivity index (χ1) is 6.86. The third kappa shape index (κ3) is 3.85. The molecule has 14 heavy (non-hydrogen) atoms. The van der Waals surface area contributed by atoms with Crippen molar-refractivity contribution in [3.05, 3.63) is 30.1 Å². The van der Waals surface area contributed by atoms with Gasteiger partial charge >= 0.3 is 0 Å². The lowest BCUT2D eigenvalue weighted by atomic mass is 10.2. The van der Waals surface area contributed by atoms with Gasteiger partial charge in [-0.25, -0.2) is 0 Å².